The second-order valence-electron chi connectivity index (χ2n) is 7.78. The molecule has 0 saturated carbocycles. The Morgan fingerprint density at radius 2 is 1.79 bits per heavy atom. The molecule has 3 nitrogen and oxygen atoms in total. The molecule has 0 spiro atoms. The predicted molar refractivity (Wildman–Crippen MR) is 99.6 cm³/mol. The Labute approximate surface area is 145 Å². The molecule has 2 heterocycles. The minimum atomic E-state index is -0.272. The highest BCUT2D eigenvalue weighted by Gasteiger charge is 2.22. The summed E-state index contributed by atoms with van der Waals surface area (Å²) in [5.41, 5.74) is 5.69. The van der Waals surface area contributed by atoms with Crippen LogP contribution < -0.4 is 0 Å². The average molecular weight is 326 g/mol. The Morgan fingerprint density at radius 3 is 2.62 bits per heavy atom. The van der Waals surface area contributed by atoms with Gasteiger partial charge in [0.15, 0.2) is 0 Å². The highest BCUT2D eigenvalue weighted by atomic mass is 16.3. The first-order valence-electron chi connectivity index (χ1n) is 9.73. The molecular formula is C21H30N2O. The maximum Gasteiger partial charge on any atom is 0.0845 e. The van der Waals surface area contributed by atoms with Gasteiger partial charge in [0.25, 0.3) is 0 Å². The van der Waals surface area contributed by atoms with Crippen molar-refractivity contribution >= 4 is 10.9 Å². The number of benzene rings is 1. The van der Waals surface area contributed by atoms with Crippen LogP contribution in [0.15, 0.2) is 18.2 Å². The van der Waals surface area contributed by atoms with E-state index in [2.05, 4.69) is 34.6 Å². The predicted octanol–water partition coefficient (Wildman–Crippen LogP) is 3.68. The zero-order valence-corrected chi connectivity index (χ0v) is 14.9. The molecule has 1 fully saturated rings. The smallest absolute Gasteiger partial charge is 0.0845 e. The van der Waals surface area contributed by atoms with Crippen molar-refractivity contribution in [1.29, 1.82) is 0 Å². The summed E-state index contributed by atoms with van der Waals surface area (Å²) < 4.78 is 2.43. The number of aliphatic hydroxyl groups is 1. The molecule has 1 aromatic heterocycles. The Morgan fingerprint density at radius 1 is 1.00 bits per heavy atom. The Kier molecular flexibility index (Phi) is 4.64. The standard InChI is InChI=1S/C21H30N2O/c1-16-9-10-21-19(13-16)18-7-3-4-8-20(18)23(21)15-17(24)14-22-11-5-2-6-12-22/h9-10,13,17,24H,2-8,11-12,14-15H2,1H3. The monoisotopic (exact) mass is 326 g/mol. The molecule has 130 valence electrons. The number of piperidine rings is 1. The van der Waals surface area contributed by atoms with Crippen LogP contribution in [0.1, 0.15) is 48.9 Å². The summed E-state index contributed by atoms with van der Waals surface area (Å²) in [6.45, 7) is 6.05. The van der Waals surface area contributed by atoms with E-state index in [1.807, 2.05) is 0 Å². The number of aliphatic hydroxyl groups excluding tert-OH is 1. The summed E-state index contributed by atoms with van der Waals surface area (Å²) in [5, 5.41) is 12.2. The van der Waals surface area contributed by atoms with Crippen LogP contribution >= 0.6 is 0 Å². The molecule has 1 aliphatic carbocycles. The summed E-state index contributed by atoms with van der Waals surface area (Å²) in [5.74, 6) is 0. The van der Waals surface area contributed by atoms with Crippen molar-refractivity contribution in [3.63, 3.8) is 0 Å². The van der Waals surface area contributed by atoms with Gasteiger partial charge in [-0.2, -0.15) is 0 Å². The van der Waals surface area contributed by atoms with Gasteiger partial charge in [-0.25, -0.2) is 0 Å². The van der Waals surface area contributed by atoms with Crippen molar-refractivity contribution < 1.29 is 5.11 Å². The highest BCUT2D eigenvalue weighted by Crippen LogP contribution is 2.33. The van der Waals surface area contributed by atoms with E-state index in [9.17, 15) is 5.11 Å². The summed E-state index contributed by atoms with van der Waals surface area (Å²) in [4.78, 5) is 2.44. The molecule has 1 aliphatic heterocycles. The lowest BCUT2D eigenvalue weighted by Gasteiger charge is -2.29. The number of hydrogen-bond donors (Lipinski definition) is 1. The third kappa shape index (κ3) is 3.12. The Bertz CT molecular complexity index is 712. The molecule has 1 unspecified atom stereocenters. The number of rotatable bonds is 4. The van der Waals surface area contributed by atoms with Gasteiger partial charge in [0, 0.05) is 23.1 Å². The summed E-state index contributed by atoms with van der Waals surface area (Å²) >= 11 is 0. The van der Waals surface area contributed by atoms with Gasteiger partial charge < -0.3 is 14.6 Å². The maximum atomic E-state index is 10.7. The van der Waals surface area contributed by atoms with E-state index in [0.29, 0.717) is 0 Å². The fourth-order valence-electron chi connectivity index (χ4n) is 4.67. The number of β-amino-alcohol motifs (C(OH)–C–C–N with tert-alkyl or cyclic N) is 1. The maximum absolute atomic E-state index is 10.7. The van der Waals surface area contributed by atoms with Crippen molar-refractivity contribution in [3.05, 3.63) is 35.0 Å². The van der Waals surface area contributed by atoms with Crippen molar-refractivity contribution in [2.75, 3.05) is 19.6 Å². The number of likely N-dealkylation sites (tertiary alicyclic amines) is 1. The van der Waals surface area contributed by atoms with E-state index in [1.54, 1.807) is 5.56 Å². The van der Waals surface area contributed by atoms with Gasteiger partial charge >= 0.3 is 0 Å². The lowest BCUT2D eigenvalue weighted by molar-refractivity contribution is 0.0886. The first-order valence-corrected chi connectivity index (χ1v) is 9.73. The molecule has 0 bridgehead atoms. The van der Waals surface area contributed by atoms with E-state index < -0.39 is 0 Å². The van der Waals surface area contributed by atoms with Gasteiger partial charge in [-0.1, -0.05) is 18.1 Å². The van der Waals surface area contributed by atoms with E-state index in [1.165, 1.54) is 67.1 Å². The van der Waals surface area contributed by atoms with Crippen LogP contribution in [0.2, 0.25) is 0 Å². The van der Waals surface area contributed by atoms with Crippen molar-refractivity contribution in [1.82, 2.24) is 9.47 Å². The molecule has 4 rings (SSSR count). The summed E-state index contributed by atoms with van der Waals surface area (Å²) in [6, 6.07) is 6.81. The molecule has 1 atom stereocenters. The van der Waals surface area contributed by atoms with Gasteiger partial charge in [0.1, 0.15) is 0 Å². The lowest BCUT2D eigenvalue weighted by atomic mass is 9.95. The number of hydrogen-bond acceptors (Lipinski definition) is 2. The fraction of sp³-hybridized carbons (Fsp3) is 0.619. The zero-order chi connectivity index (χ0) is 16.5. The number of fused-ring (bicyclic) bond motifs is 3. The topological polar surface area (TPSA) is 28.4 Å². The second kappa shape index (κ2) is 6.89. The van der Waals surface area contributed by atoms with Gasteiger partial charge in [-0.15, -0.1) is 0 Å². The summed E-state index contributed by atoms with van der Waals surface area (Å²) in [7, 11) is 0. The van der Waals surface area contributed by atoms with Crippen LogP contribution in [0.3, 0.4) is 0 Å². The zero-order valence-electron chi connectivity index (χ0n) is 14.9. The average Bonchev–Trinajstić information content (AvgIpc) is 2.89. The first kappa shape index (κ1) is 16.2. The molecule has 2 aromatic rings. The molecule has 1 aromatic carbocycles. The van der Waals surface area contributed by atoms with Crippen LogP contribution in [0.4, 0.5) is 0 Å². The highest BCUT2D eigenvalue weighted by molar-refractivity contribution is 5.86. The van der Waals surface area contributed by atoms with E-state index >= 15 is 0 Å². The van der Waals surface area contributed by atoms with Gasteiger partial charge in [-0.05, 0) is 76.2 Å². The molecule has 0 radical (unpaired) electrons. The molecule has 2 aliphatic rings. The third-order valence-electron chi connectivity index (χ3n) is 5.84. The minimum Gasteiger partial charge on any atom is -0.390 e. The van der Waals surface area contributed by atoms with Gasteiger partial charge in [0.2, 0.25) is 0 Å². The Balaban J connectivity index is 1.61. The van der Waals surface area contributed by atoms with Crippen molar-refractivity contribution in [2.45, 2.75) is 64.5 Å². The first-order chi connectivity index (χ1) is 11.7. The Hall–Kier alpha value is -1.32. The van der Waals surface area contributed by atoms with Crippen LogP contribution in [0, 0.1) is 6.92 Å². The van der Waals surface area contributed by atoms with Crippen LogP contribution in [0.5, 0.6) is 0 Å². The van der Waals surface area contributed by atoms with Gasteiger partial charge in [-0.3, -0.25) is 0 Å². The lowest BCUT2D eigenvalue weighted by Crippen LogP contribution is -2.38. The largest absolute Gasteiger partial charge is 0.390 e. The fourth-order valence-corrected chi connectivity index (χ4v) is 4.67. The summed E-state index contributed by atoms with van der Waals surface area (Å²) in [6.07, 6.45) is 8.60. The van der Waals surface area contributed by atoms with Crippen molar-refractivity contribution in [3.8, 4) is 0 Å². The quantitative estimate of drug-likeness (QED) is 0.928. The van der Waals surface area contributed by atoms with Crippen LogP contribution in [-0.4, -0.2) is 40.3 Å². The van der Waals surface area contributed by atoms with Gasteiger partial charge in [0.05, 0.1) is 12.6 Å². The minimum absolute atomic E-state index is 0.272. The van der Waals surface area contributed by atoms with Crippen LogP contribution in [-0.2, 0) is 19.4 Å². The number of nitrogens with zero attached hydrogens (tertiary/aromatic N) is 2. The van der Waals surface area contributed by atoms with Crippen molar-refractivity contribution in [2.24, 2.45) is 0 Å². The third-order valence-corrected chi connectivity index (χ3v) is 5.84. The molecule has 1 N–H and O–H groups in total. The molecular weight excluding hydrogens is 296 g/mol. The van der Waals surface area contributed by atoms with E-state index in [0.717, 1.165) is 26.2 Å². The second-order valence-corrected chi connectivity index (χ2v) is 7.78. The number of aromatic nitrogens is 1. The molecule has 3 heteroatoms. The molecule has 1 saturated heterocycles. The van der Waals surface area contributed by atoms with E-state index in [4.69, 9.17) is 0 Å². The normalized spacial score (nSPS) is 20.2. The SMILES string of the molecule is Cc1ccc2c(c1)c1c(n2CC(O)CN2CCCCC2)CCCC1. The molecule has 24 heavy (non-hydrogen) atoms. The van der Waals surface area contributed by atoms with E-state index in [-0.39, 0.29) is 6.10 Å². The molecule has 0 amide bonds. The van der Waals surface area contributed by atoms with Crippen LogP contribution in [0.25, 0.3) is 10.9 Å². The number of aryl methyl sites for hydroxylation is 2.